The zero-order chi connectivity index (χ0) is 44.4. The lowest BCUT2D eigenvalue weighted by molar-refractivity contribution is -0.139. The van der Waals surface area contributed by atoms with E-state index in [1.54, 1.807) is 0 Å². The molecule has 8 rings (SSSR count). The Morgan fingerprint density at radius 3 is 1.67 bits per heavy atom. The maximum absolute atomic E-state index is 14.0. The van der Waals surface area contributed by atoms with Gasteiger partial charge in [-0.2, -0.15) is 0 Å². The fourth-order valence-electron chi connectivity index (χ4n) is 10.9. The van der Waals surface area contributed by atoms with Gasteiger partial charge in [0.15, 0.2) is 0 Å². The summed E-state index contributed by atoms with van der Waals surface area (Å²) in [5.41, 5.74) is 9.52. The number of carbonyl (C=O) groups excluding carboxylic acids is 4. The summed E-state index contributed by atoms with van der Waals surface area (Å²) in [5.74, 6) is 1.08. The summed E-state index contributed by atoms with van der Waals surface area (Å²) < 4.78 is 9.67. The van der Waals surface area contributed by atoms with Crippen LogP contribution in [-0.2, 0) is 30.9 Å². The lowest BCUT2D eigenvalue weighted by Crippen LogP contribution is -2.53. The van der Waals surface area contributed by atoms with Gasteiger partial charge in [-0.15, -0.1) is 0 Å². The first-order valence-corrected chi connectivity index (χ1v) is 23.1. The summed E-state index contributed by atoms with van der Waals surface area (Å²) >= 11 is 0. The molecule has 4 unspecified atom stereocenters. The summed E-state index contributed by atoms with van der Waals surface area (Å²) in [4.78, 5) is 72.9. The van der Waals surface area contributed by atoms with Crippen molar-refractivity contribution in [1.82, 2.24) is 40.4 Å². The van der Waals surface area contributed by atoms with Crippen LogP contribution in [0.5, 0.6) is 0 Å². The highest BCUT2D eigenvalue weighted by Crippen LogP contribution is 2.55. The van der Waals surface area contributed by atoms with Crippen molar-refractivity contribution >= 4 is 24.0 Å². The van der Waals surface area contributed by atoms with Crippen LogP contribution in [0.2, 0.25) is 0 Å². The molecule has 14 heteroatoms. The zero-order valence-electron chi connectivity index (χ0n) is 37.7. The molecule has 4 aliphatic rings. The standard InChI is InChI=1S/C49H64N8O6/c1-29(2)41(54-47(60)62-5)45(58)56-25-11-7-13-38(56)43-50-27-36(52-43)32-17-15-31(16-18-32)33-19-20-34(35-21-24-49(40(33)35)22-9-10-23-49)37-28-51-44(53-37)39-14-8-12-26-57(39)46(59)42(30(3)4)55-48(61)63-6/h15-20,27-30,38-39,41-42H,7-14,21-26H2,1-6H3,(H,50,52)(H,51,53)(H,54,60)(H,55,61). The van der Waals surface area contributed by atoms with E-state index in [0.717, 1.165) is 80.0 Å². The van der Waals surface area contributed by atoms with Gasteiger partial charge in [0, 0.05) is 18.7 Å². The van der Waals surface area contributed by atoms with Gasteiger partial charge in [0.1, 0.15) is 23.7 Å². The molecule has 2 aromatic heterocycles. The van der Waals surface area contributed by atoms with Gasteiger partial charge in [0.2, 0.25) is 11.8 Å². The number of aromatic amines is 2. The molecule has 4 N–H and O–H groups in total. The van der Waals surface area contributed by atoms with Gasteiger partial charge in [0.25, 0.3) is 0 Å². The molecule has 2 aromatic carbocycles. The van der Waals surface area contributed by atoms with Crippen LogP contribution in [0, 0.1) is 11.8 Å². The number of methoxy groups -OCH3 is 2. The SMILES string of the molecule is COC(=O)NC(C(=O)N1CCCCC1c1ncc(-c2ccc(-c3ccc(-c4cnc(C5CCCCN5C(=O)C(NC(=O)OC)C(C)C)[nH]4)c4c3C3(CCCC3)CC4)cc2)[nH]1)C(C)C. The fraction of sp³-hybridized carbons (Fsp3) is 0.551. The van der Waals surface area contributed by atoms with Crippen molar-refractivity contribution in [3.05, 3.63) is 71.6 Å². The van der Waals surface area contributed by atoms with E-state index in [9.17, 15) is 19.2 Å². The van der Waals surface area contributed by atoms with Crippen molar-refractivity contribution in [2.45, 2.75) is 134 Å². The lowest BCUT2D eigenvalue weighted by Gasteiger charge is -2.37. The molecule has 4 atom stereocenters. The summed E-state index contributed by atoms with van der Waals surface area (Å²) in [7, 11) is 2.62. The Labute approximate surface area is 370 Å². The molecule has 3 fully saturated rings. The molecule has 1 saturated carbocycles. The van der Waals surface area contributed by atoms with E-state index >= 15 is 0 Å². The van der Waals surface area contributed by atoms with Crippen LogP contribution in [0.15, 0.2) is 48.8 Å². The average molecular weight is 861 g/mol. The molecule has 14 nitrogen and oxygen atoms in total. The summed E-state index contributed by atoms with van der Waals surface area (Å²) in [6, 6.07) is 11.5. The van der Waals surface area contributed by atoms with Crippen molar-refractivity contribution in [3.63, 3.8) is 0 Å². The molecular weight excluding hydrogens is 797 g/mol. The number of piperidine rings is 2. The number of nitrogens with one attached hydrogen (secondary N) is 4. The van der Waals surface area contributed by atoms with Crippen LogP contribution in [0.3, 0.4) is 0 Å². The Bertz CT molecular complexity index is 2290. The highest BCUT2D eigenvalue weighted by Gasteiger charge is 2.44. The largest absolute Gasteiger partial charge is 0.453 e. The number of ether oxygens (including phenoxy) is 2. The second-order valence-electron chi connectivity index (χ2n) is 18.7. The molecule has 63 heavy (non-hydrogen) atoms. The Morgan fingerprint density at radius 1 is 0.651 bits per heavy atom. The molecule has 4 amide bonds. The number of imidazole rings is 2. The van der Waals surface area contributed by atoms with Crippen LogP contribution in [0.25, 0.3) is 33.6 Å². The predicted octanol–water partition coefficient (Wildman–Crippen LogP) is 8.76. The second-order valence-corrected chi connectivity index (χ2v) is 18.7. The fourth-order valence-corrected chi connectivity index (χ4v) is 10.9. The van der Waals surface area contributed by atoms with E-state index in [1.165, 1.54) is 67.7 Å². The minimum absolute atomic E-state index is 0.107. The summed E-state index contributed by atoms with van der Waals surface area (Å²) in [5, 5.41) is 5.51. The molecular formula is C49H64N8O6. The first-order chi connectivity index (χ1) is 30.4. The van der Waals surface area contributed by atoms with Gasteiger partial charge in [-0.25, -0.2) is 19.6 Å². The lowest BCUT2D eigenvalue weighted by atomic mass is 9.76. The average Bonchev–Trinajstić information content (AvgIpc) is 4.15. The van der Waals surface area contributed by atoms with E-state index in [4.69, 9.17) is 19.4 Å². The normalized spacial score (nSPS) is 20.4. The van der Waals surface area contributed by atoms with E-state index in [0.29, 0.717) is 13.1 Å². The third kappa shape index (κ3) is 8.69. The highest BCUT2D eigenvalue weighted by molar-refractivity contribution is 5.87. The van der Waals surface area contributed by atoms with Crippen LogP contribution >= 0.6 is 0 Å². The van der Waals surface area contributed by atoms with Gasteiger partial charge in [-0.05, 0) is 109 Å². The van der Waals surface area contributed by atoms with Crippen molar-refractivity contribution in [1.29, 1.82) is 0 Å². The third-order valence-electron chi connectivity index (χ3n) is 14.2. The van der Waals surface area contributed by atoms with Crippen molar-refractivity contribution in [2.75, 3.05) is 27.3 Å². The number of nitrogens with zero attached hydrogens (tertiary/aromatic N) is 4. The van der Waals surface area contributed by atoms with Gasteiger partial charge < -0.3 is 39.9 Å². The number of hydrogen-bond acceptors (Lipinski definition) is 8. The zero-order valence-corrected chi connectivity index (χ0v) is 37.7. The molecule has 1 spiro atoms. The van der Waals surface area contributed by atoms with E-state index in [2.05, 4.69) is 57.0 Å². The van der Waals surface area contributed by atoms with Crippen molar-refractivity contribution < 1.29 is 28.7 Å². The molecule has 0 bridgehead atoms. The highest BCUT2D eigenvalue weighted by atomic mass is 16.5. The number of carbonyl (C=O) groups is 4. The van der Waals surface area contributed by atoms with Gasteiger partial charge in [0.05, 0.1) is 50.1 Å². The van der Waals surface area contributed by atoms with Crippen molar-refractivity contribution in [2.24, 2.45) is 11.8 Å². The first kappa shape index (κ1) is 44.0. The topological polar surface area (TPSA) is 175 Å². The monoisotopic (exact) mass is 860 g/mol. The number of H-pyrrole nitrogens is 2. The number of amides is 4. The first-order valence-electron chi connectivity index (χ1n) is 23.1. The van der Waals surface area contributed by atoms with Crippen LogP contribution < -0.4 is 10.6 Å². The maximum atomic E-state index is 14.0. The number of aromatic nitrogens is 4. The minimum Gasteiger partial charge on any atom is -0.453 e. The molecule has 2 saturated heterocycles. The number of likely N-dealkylation sites (tertiary alicyclic amines) is 2. The predicted molar refractivity (Wildman–Crippen MR) is 240 cm³/mol. The third-order valence-corrected chi connectivity index (χ3v) is 14.2. The smallest absolute Gasteiger partial charge is 0.407 e. The number of alkyl carbamates (subject to hydrolysis) is 2. The molecule has 4 heterocycles. The number of rotatable bonds is 11. The summed E-state index contributed by atoms with van der Waals surface area (Å²) in [6.45, 7) is 8.92. The Morgan fingerprint density at radius 2 is 1.14 bits per heavy atom. The van der Waals surface area contributed by atoms with E-state index in [-0.39, 0.29) is 41.1 Å². The quantitative estimate of drug-likeness (QED) is 0.116. The van der Waals surface area contributed by atoms with Gasteiger partial charge in [-0.3, -0.25) is 9.59 Å². The summed E-state index contributed by atoms with van der Waals surface area (Å²) in [6.07, 6.45) is 14.9. The van der Waals surface area contributed by atoms with E-state index in [1.807, 2.05) is 49.9 Å². The van der Waals surface area contributed by atoms with Gasteiger partial charge >= 0.3 is 12.2 Å². The van der Waals surface area contributed by atoms with Crippen LogP contribution in [0.4, 0.5) is 9.59 Å². The Balaban J connectivity index is 1.05. The maximum Gasteiger partial charge on any atom is 0.407 e. The molecule has 0 radical (unpaired) electrons. The van der Waals surface area contributed by atoms with Crippen LogP contribution in [0.1, 0.15) is 133 Å². The minimum atomic E-state index is -0.692. The molecule has 2 aliphatic heterocycles. The number of benzene rings is 2. The molecule has 336 valence electrons. The van der Waals surface area contributed by atoms with Crippen LogP contribution in [-0.4, -0.2) is 93.1 Å². The Hall–Kier alpha value is -5.66. The van der Waals surface area contributed by atoms with Crippen molar-refractivity contribution in [3.8, 4) is 33.6 Å². The van der Waals surface area contributed by atoms with E-state index < -0.39 is 24.3 Å². The molecule has 2 aliphatic carbocycles. The second kappa shape index (κ2) is 18.6. The van der Waals surface area contributed by atoms with Gasteiger partial charge in [-0.1, -0.05) is 76.9 Å². The Kier molecular flexibility index (Phi) is 13.0. The molecule has 4 aromatic rings. The number of hydrogen-bond donors (Lipinski definition) is 4. The number of fused-ring (bicyclic) bond motifs is 2.